The molecule has 1 heterocycles. The van der Waals surface area contributed by atoms with Crippen molar-refractivity contribution < 1.29 is 37.7 Å². The van der Waals surface area contributed by atoms with Gasteiger partial charge in [-0.05, 0) is 86.0 Å². The zero-order valence-electron chi connectivity index (χ0n) is 26.0. The first-order valence-corrected chi connectivity index (χ1v) is 15.6. The van der Waals surface area contributed by atoms with Crippen LogP contribution in [0.2, 0.25) is 0 Å². The van der Waals surface area contributed by atoms with Crippen molar-refractivity contribution in [2.45, 2.75) is 68.0 Å². The number of piperidine rings is 1. The Kier molecular flexibility index (Phi) is 8.54. The lowest BCUT2D eigenvalue weighted by atomic mass is 9.48. The average Bonchev–Trinajstić information content (AvgIpc) is 3.02. The predicted molar refractivity (Wildman–Crippen MR) is 168 cm³/mol. The summed E-state index contributed by atoms with van der Waals surface area (Å²) in [5, 5.41) is 23.7. The van der Waals surface area contributed by atoms with Crippen molar-refractivity contribution in [2.75, 3.05) is 27.2 Å². The third-order valence-corrected chi connectivity index (χ3v) is 10.3. The van der Waals surface area contributed by atoms with Crippen molar-refractivity contribution in [1.29, 1.82) is 0 Å². The highest BCUT2D eigenvalue weighted by Gasteiger charge is 2.66. The smallest absolute Gasteiger partial charge is 0.504 e. The Bertz CT molecular complexity index is 1610. The summed E-state index contributed by atoms with van der Waals surface area (Å²) in [5.41, 5.74) is 1.63. The van der Waals surface area contributed by atoms with Crippen molar-refractivity contribution in [2.24, 2.45) is 0 Å². The minimum absolute atomic E-state index is 0.0224. The molecule has 0 aromatic heterocycles. The Hall–Kier alpha value is -4.02. The van der Waals surface area contributed by atoms with Gasteiger partial charge in [-0.3, -0.25) is 9.69 Å². The fraction of sp³-hybridized carbons (Fsp3) is 0.417. The SMILES string of the molecule is COc1c(O)ccc2c1[C@]13CCN(CCc4ccccc4)[C@H](C2)[C@]1(O)CC[C@@H](N(C)C(=O)C=Cc1cccc(OC(F)(F)F)c1)C3. The minimum atomic E-state index is -4.81. The number of carbonyl (C=O) groups excluding carboxylic acids is 1. The Balaban J connectivity index is 1.27. The van der Waals surface area contributed by atoms with Gasteiger partial charge in [0.05, 0.1) is 12.7 Å². The maximum Gasteiger partial charge on any atom is 0.573 e. The van der Waals surface area contributed by atoms with Crippen LogP contribution in [0.5, 0.6) is 17.2 Å². The molecule has 2 N–H and O–H groups in total. The van der Waals surface area contributed by atoms with Crippen molar-refractivity contribution in [1.82, 2.24) is 9.80 Å². The predicted octanol–water partition coefficient (Wildman–Crippen LogP) is 5.87. The van der Waals surface area contributed by atoms with Crippen LogP contribution < -0.4 is 9.47 Å². The number of phenolic OH excluding ortho intramolecular Hbond substituents is 1. The lowest BCUT2D eigenvalue weighted by Gasteiger charge is -2.65. The summed E-state index contributed by atoms with van der Waals surface area (Å²) in [7, 11) is 3.25. The standard InChI is InChI=1S/C36H39F3N2O5/c1-40(31(43)14-11-25-9-6-10-28(21-25)46-36(37,38)39)27-15-17-35(44)30-22-26-12-13-29(42)33(45-2)32(26)34(35,23-27)18-20-41(30)19-16-24-7-4-3-5-8-24/h3-14,21,27,30,42,44H,15-20,22-23H2,1-2H3/t27-,30-,34-,35-/m1/s1. The number of ether oxygens (including phenoxy) is 2. The summed E-state index contributed by atoms with van der Waals surface area (Å²) in [6.07, 6.45) is 1.63. The number of alkyl halides is 3. The highest BCUT2D eigenvalue weighted by molar-refractivity contribution is 5.92. The molecule has 244 valence electrons. The molecule has 2 aliphatic carbocycles. The molecule has 2 bridgehead atoms. The number of likely N-dealkylation sites (tertiary alicyclic amines) is 1. The molecule has 46 heavy (non-hydrogen) atoms. The topological polar surface area (TPSA) is 82.5 Å². The Morgan fingerprint density at radius 2 is 1.89 bits per heavy atom. The average molecular weight is 637 g/mol. The van der Waals surface area contributed by atoms with Crippen molar-refractivity contribution in [3.8, 4) is 17.2 Å². The molecular formula is C36H39F3N2O5. The minimum Gasteiger partial charge on any atom is -0.504 e. The van der Waals surface area contributed by atoms with Gasteiger partial charge in [-0.25, -0.2) is 0 Å². The van der Waals surface area contributed by atoms with Gasteiger partial charge in [0.2, 0.25) is 5.91 Å². The molecule has 6 rings (SSSR count). The van der Waals surface area contributed by atoms with Gasteiger partial charge >= 0.3 is 6.36 Å². The summed E-state index contributed by atoms with van der Waals surface area (Å²) in [6, 6.07) is 19.0. The van der Waals surface area contributed by atoms with E-state index in [0.717, 1.165) is 30.6 Å². The van der Waals surface area contributed by atoms with E-state index in [-0.39, 0.29) is 29.5 Å². The molecule has 3 aromatic carbocycles. The lowest BCUT2D eigenvalue weighted by molar-refractivity contribution is -0.274. The van der Waals surface area contributed by atoms with Gasteiger partial charge in [0.15, 0.2) is 11.5 Å². The highest BCUT2D eigenvalue weighted by Crippen LogP contribution is 2.61. The maximum atomic E-state index is 13.4. The molecule has 3 aliphatic rings. The van der Waals surface area contributed by atoms with Crippen LogP contribution in [-0.2, 0) is 23.1 Å². The molecule has 1 aliphatic heterocycles. The van der Waals surface area contributed by atoms with E-state index < -0.39 is 17.4 Å². The third-order valence-electron chi connectivity index (χ3n) is 10.3. The fourth-order valence-electron chi connectivity index (χ4n) is 8.16. The molecule has 7 nitrogen and oxygen atoms in total. The first kappa shape index (κ1) is 31.9. The summed E-state index contributed by atoms with van der Waals surface area (Å²) in [5.74, 6) is -0.263. The largest absolute Gasteiger partial charge is 0.573 e. The molecule has 0 radical (unpaired) electrons. The summed E-state index contributed by atoms with van der Waals surface area (Å²) < 4.78 is 47.8. The summed E-state index contributed by atoms with van der Waals surface area (Å²) >= 11 is 0. The number of fused-ring (bicyclic) bond motifs is 1. The van der Waals surface area contributed by atoms with Gasteiger partial charge in [-0.2, -0.15) is 0 Å². The number of methoxy groups -OCH3 is 1. The van der Waals surface area contributed by atoms with E-state index in [9.17, 15) is 28.2 Å². The highest BCUT2D eigenvalue weighted by atomic mass is 19.4. The number of hydrogen-bond acceptors (Lipinski definition) is 6. The first-order chi connectivity index (χ1) is 21.9. The fourth-order valence-corrected chi connectivity index (χ4v) is 8.16. The number of hydrogen-bond donors (Lipinski definition) is 2. The molecule has 1 amide bonds. The van der Waals surface area contributed by atoms with Crippen LogP contribution in [0.15, 0.2) is 72.8 Å². The van der Waals surface area contributed by atoms with Crippen molar-refractivity contribution in [3.05, 3.63) is 95.1 Å². The number of rotatable bonds is 8. The number of nitrogens with zero attached hydrogens (tertiary/aromatic N) is 2. The van der Waals surface area contributed by atoms with E-state index in [1.807, 2.05) is 24.3 Å². The Morgan fingerprint density at radius 3 is 2.63 bits per heavy atom. The second kappa shape index (κ2) is 12.3. The van der Waals surface area contributed by atoms with Gasteiger partial charge < -0.3 is 24.6 Å². The zero-order valence-corrected chi connectivity index (χ0v) is 26.0. The van der Waals surface area contributed by atoms with Gasteiger partial charge in [0.25, 0.3) is 0 Å². The normalized spacial score (nSPS) is 25.9. The number of benzene rings is 3. The second-order valence-electron chi connectivity index (χ2n) is 12.7. The second-order valence-corrected chi connectivity index (χ2v) is 12.7. The first-order valence-electron chi connectivity index (χ1n) is 15.6. The van der Waals surface area contributed by atoms with Crippen LogP contribution in [-0.4, -0.2) is 77.2 Å². The van der Waals surface area contributed by atoms with E-state index in [1.165, 1.54) is 43.0 Å². The van der Waals surface area contributed by atoms with Gasteiger partial charge in [0.1, 0.15) is 5.75 Å². The van der Waals surface area contributed by atoms with E-state index in [2.05, 4.69) is 21.8 Å². The molecule has 3 aromatic rings. The Morgan fingerprint density at radius 1 is 1.11 bits per heavy atom. The molecule has 1 saturated heterocycles. The third kappa shape index (κ3) is 5.84. The summed E-state index contributed by atoms with van der Waals surface area (Å²) in [4.78, 5) is 17.5. The van der Waals surface area contributed by atoms with Gasteiger partial charge in [0, 0.05) is 42.7 Å². The lowest BCUT2D eigenvalue weighted by Crippen LogP contribution is -2.74. The maximum absolute atomic E-state index is 13.4. The number of carbonyl (C=O) groups is 1. The number of halogens is 3. The van der Waals surface area contributed by atoms with E-state index >= 15 is 0 Å². The quantitative estimate of drug-likeness (QED) is 0.302. The van der Waals surface area contributed by atoms with Crippen LogP contribution in [0.3, 0.4) is 0 Å². The van der Waals surface area contributed by atoms with Crippen LogP contribution in [0.4, 0.5) is 13.2 Å². The van der Waals surface area contributed by atoms with Gasteiger partial charge in [-0.1, -0.05) is 48.5 Å². The number of aliphatic hydroxyl groups is 1. The summed E-state index contributed by atoms with van der Waals surface area (Å²) in [6.45, 7) is 1.55. The van der Waals surface area contributed by atoms with E-state index in [4.69, 9.17) is 4.74 Å². The van der Waals surface area contributed by atoms with Crippen LogP contribution in [0.1, 0.15) is 47.9 Å². The number of aromatic hydroxyl groups is 1. The zero-order chi connectivity index (χ0) is 32.7. The van der Waals surface area contributed by atoms with Crippen molar-refractivity contribution >= 4 is 12.0 Å². The van der Waals surface area contributed by atoms with Gasteiger partial charge in [-0.15, -0.1) is 13.2 Å². The van der Waals surface area contributed by atoms with Crippen LogP contribution in [0.25, 0.3) is 6.08 Å². The molecule has 4 atom stereocenters. The Labute approximate surface area is 266 Å². The molecule has 0 unspecified atom stereocenters. The molecule has 10 heteroatoms. The molecule has 0 spiro atoms. The van der Waals surface area contributed by atoms with Crippen LogP contribution in [0, 0.1) is 0 Å². The van der Waals surface area contributed by atoms with Crippen molar-refractivity contribution in [3.63, 3.8) is 0 Å². The number of phenols is 1. The van der Waals surface area contributed by atoms with Crippen LogP contribution >= 0.6 is 0 Å². The monoisotopic (exact) mass is 636 g/mol. The molecule has 2 fully saturated rings. The molecule has 1 saturated carbocycles. The molecular weight excluding hydrogens is 597 g/mol. The number of likely N-dealkylation sites (N-methyl/N-ethyl adjacent to an activating group) is 1. The van der Waals surface area contributed by atoms with E-state index in [0.29, 0.717) is 43.4 Å². The van der Waals surface area contributed by atoms with E-state index in [1.54, 1.807) is 24.1 Å². The number of amides is 1.